The van der Waals surface area contributed by atoms with Gasteiger partial charge in [-0.2, -0.15) is 0 Å². The smallest absolute Gasteiger partial charge is 0.330 e. The third-order valence-corrected chi connectivity index (χ3v) is 3.11. The number of carbonyl (C=O) groups excluding carboxylic acids is 1. The molecule has 7 heteroatoms. The monoisotopic (exact) mass is 281 g/mol. The lowest BCUT2D eigenvalue weighted by Crippen LogP contribution is -2.37. The quantitative estimate of drug-likeness (QED) is 0.808. The van der Waals surface area contributed by atoms with Gasteiger partial charge in [-0.3, -0.25) is 4.90 Å². The van der Waals surface area contributed by atoms with Gasteiger partial charge >= 0.3 is 6.03 Å². The molecule has 110 valence electrons. The maximum Gasteiger partial charge on any atom is 0.330 e. The van der Waals surface area contributed by atoms with Crippen LogP contribution in [0.5, 0.6) is 0 Å². The molecule has 2 unspecified atom stereocenters. The van der Waals surface area contributed by atoms with Gasteiger partial charge in [0.2, 0.25) is 0 Å². The molecule has 2 rings (SSSR count). The summed E-state index contributed by atoms with van der Waals surface area (Å²) in [5, 5.41) is 23.7. The minimum atomic E-state index is -1.39. The van der Waals surface area contributed by atoms with Crippen LogP contribution in [0.2, 0.25) is 0 Å². The average molecular weight is 281 g/mol. The number of rotatable bonds is 3. The maximum atomic E-state index is 12.2. The summed E-state index contributed by atoms with van der Waals surface area (Å²) in [5.41, 5.74) is -0.265. The lowest BCUT2D eigenvalue weighted by Gasteiger charge is -2.16. The maximum absolute atomic E-state index is 12.2. The summed E-state index contributed by atoms with van der Waals surface area (Å²) in [5.74, 6) is 0.766. The summed E-state index contributed by atoms with van der Waals surface area (Å²) in [7, 11) is 0. The second kappa shape index (κ2) is 4.92. The first-order chi connectivity index (χ1) is 9.27. The standard InChI is InChI=1S/C13H19N3O4/c1-5-6-15-10(17)11(18)16(12(15)19)9-7-8(20-14-9)13(2,3)4/h5,7,10-11,17-18H,1,6H2,2-4H3. The number of aromatic nitrogens is 1. The minimum absolute atomic E-state index is 0.136. The van der Waals surface area contributed by atoms with E-state index in [0.29, 0.717) is 5.76 Å². The Balaban J connectivity index is 2.31. The zero-order valence-electron chi connectivity index (χ0n) is 11.8. The van der Waals surface area contributed by atoms with Gasteiger partial charge < -0.3 is 14.7 Å². The van der Waals surface area contributed by atoms with Crippen LogP contribution in [0.1, 0.15) is 26.5 Å². The number of amides is 2. The Morgan fingerprint density at radius 3 is 2.60 bits per heavy atom. The van der Waals surface area contributed by atoms with Gasteiger partial charge in [0.25, 0.3) is 0 Å². The second-order valence-electron chi connectivity index (χ2n) is 5.72. The summed E-state index contributed by atoms with van der Waals surface area (Å²) in [6, 6.07) is 1.05. The van der Waals surface area contributed by atoms with Crippen LogP contribution in [-0.4, -0.2) is 45.3 Å². The highest BCUT2D eigenvalue weighted by atomic mass is 16.5. The van der Waals surface area contributed by atoms with Crippen LogP contribution >= 0.6 is 0 Å². The topological polar surface area (TPSA) is 90.0 Å². The zero-order chi connectivity index (χ0) is 15.1. The molecule has 20 heavy (non-hydrogen) atoms. The van der Waals surface area contributed by atoms with Gasteiger partial charge in [0.15, 0.2) is 18.3 Å². The normalized spacial score (nSPS) is 23.6. The fraction of sp³-hybridized carbons (Fsp3) is 0.538. The van der Waals surface area contributed by atoms with Crippen molar-refractivity contribution in [3.63, 3.8) is 0 Å². The number of carbonyl (C=O) groups is 1. The van der Waals surface area contributed by atoms with E-state index in [4.69, 9.17) is 4.52 Å². The second-order valence-corrected chi connectivity index (χ2v) is 5.72. The number of anilines is 1. The molecule has 0 bridgehead atoms. The number of hydrogen-bond acceptors (Lipinski definition) is 5. The van der Waals surface area contributed by atoms with E-state index < -0.39 is 18.5 Å². The molecular formula is C13H19N3O4. The summed E-state index contributed by atoms with van der Waals surface area (Å²) < 4.78 is 5.19. The average Bonchev–Trinajstić information content (AvgIpc) is 2.90. The lowest BCUT2D eigenvalue weighted by atomic mass is 9.93. The van der Waals surface area contributed by atoms with E-state index in [-0.39, 0.29) is 17.8 Å². The van der Waals surface area contributed by atoms with Gasteiger partial charge in [-0.25, -0.2) is 9.69 Å². The van der Waals surface area contributed by atoms with E-state index in [2.05, 4.69) is 11.7 Å². The van der Waals surface area contributed by atoms with E-state index in [1.54, 1.807) is 6.07 Å². The SMILES string of the molecule is C=CCN1C(=O)N(c2cc(C(C)(C)C)on2)C(O)C1O. The molecule has 0 radical (unpaired) electrons. The predicted molar refractivity (Wildman–Crippen MR) is 72.0 cm³/mol. The molecule has 0 aromatic carbocycles. The Labute approximate surface area is 117 Å². The van der Waals surface area contributed by atoms with Crippen molar-refractivity contribution in [1.82, 2.24) is 10.1 Å². The van der Waals surface area contributed by atoms with Crippen LogP contribution in [0.3, 0.4) is 0 Å². The molecule has 2 heterocycles. The summed E-state index contributed by atoms with van der Waals surface area (Å²) in [6.45, 7) is 9.48. The highest BCUT2D eigenvalue weighted by Gasteiger charge is 2.45. The highest BCUT2D eigenvalue weighted by molar-refractivity contribution is 5.94. The first kappa shape index (κ1) is 14.5. The van der Waals surface area contributed by atoms with Crippen molar-refractivity contribution in [2.75, 3.05) is 11.4 Å². The number of hydrogen-bond donors (Lipinski definition) is 2. The number of aliphatic hydroxyl groups is 2. The molecule has 2 N–H and O–H groups in total. The molecule has 1 aromatic rings. The molecule has 1 fully saturated rings. The Hall–Kier alpha value is -1.86. The first-order valence-electron chi connectivity index (χ1n) is 6.31. The minimum Gasteiger partial charge on any atom is -0.369 e. The molecule has 1 aliphatic rings. The fourth-order valence-corrected chi connectivity index (χ4v) is 1.95. The predicted octanol–water partition coefficient (Wildman–Crippen LogP) is 1.04. The summed E-state index contributed by atoms with van der Waals surface area (Å²) in [6.07, 6.45) is -1.24. The van der Waals surface area contributed by atoms with Crippen molar-refractivity contribution in [1.29, 1.82) is 0 Å². The van der Waals surface area contributed by atoms with Crippen LogP contribution in [0.4, 0.5) is 10.6 Å². The Morgan fingerprint density at radius 1 is 1.45 bits per heavy atom. The molecule has 0 spiro atoms. The van der Waals surface area contributed by atoms with Crippen molar-refractivity contribution in [3.8, 4) is 0 Å². The Bertz CT molecular complexity index is 520. The van der Waals surface area contributed by atoms with Crippen molar-refractivity contribution in [2.24, 2.45) is 0 Å². The summed E-state index contributed by atoms with van der Waals surface area (Å²) >= 11 is 0. The Kier molecular flexibility index (Phi) is 3.58. The van der Waals surface area contributed by atoms with Crippen LogP contribution < -0.4 is 4.90 Å². The molecule has 2 amide bonds. The molecule has 0 saturated carbocycles. The number of urea groups is 1. The van der Waals surface area contributed by atoms with Gasteiger partial charge in [-0.1, -0.05) is 32.0 Å². The van der Waals surface area contributed by atoms with Gasteiger partial charge in [0.05, 0.1) is 0 Å². The Morgan fingerprint density at radius 2 is 2.10 bits per heavy atom. The zero-order valence-corrected chi connectivity index (χ0v) is 11.8. The van der Waals surface area contributed by atoms with Crippen LogP contribution in [0, 0.1) is 0 Å². The number of aliphatic hydroxyl groups excluding tert-OH is 2. The van der Waals surface area contributed by atoms with Crippen LogP contribution in [-0.2, 0) is 5.41 Å². The molecule has 7 nitrogen and oxygen atoms in total. The molecule has 2 atom stereocenters. The summed E-state index contributed by atoms with van der Waals surface area (Å²) in [4.78, 5) is 14.3. The van der Waals surface area contributed by atoms with Gasteiger partial charge in [0.1, 0.15) is 5.76 Å². The van der Waals surface area contributed by atoms with E-state index >= 15 is 0 Å². The molecule has 1 saturated heterocycles. The molecule has 1 aromatic heterocycles. The van der Waals surface area contributed by atoms with Crippen molar-refractivity contribution in [3.05, 3.63) is 24.5 Å². The van der Waals surface area contributed by atoms with E-state index in [9.17, 15) is 15.0 Å². The van der Waals surface area contributed by atoms with E-state index in [0.717, 1.165) is 9.80 Å². The van der Waals surface area contributed by atoms with Gasteiger partial charge in [-0.05, 0) is 0 Å². The van der Waals surface area contributed by atoms with Crippen molar-refractivity contribution < 1.29 is 19.5 Å². The lowest BCUT2D eigenvalue weighted by molar-refractivity contribution is -0.0236. The van der Waals surface area contributed by atoms with E-state index in [1.807, 2.05) is 20.8 Å². The molecular weight excluding hydrogens is 262 g/mol. The van der Waals surface area contributed by atoms with Gasteiger partial charge in [0, 0.05) is 18.0 Å². The fourth-order valence-electron chi connectivity index (χ4n) is 1.95. The first-order valence-corrected chi connectivity index (χ1v) is 6.31. The van der Waals surface area contributed by atoms with Gasteiger partial charge in [-0.15, -0.1) is 6.58 Å². The van der Waals surface area contributed by atoms with Crippen molar-refractivity contribution >= 4 is 11.8 Å². The number of nitrogens with zero attached hydrogens (tertiary/aromatic N) is 3. The highest BCUT2D eigenvalue weighted by Crippen LogP contribution is 2.30. The van der Waals surface area contributed by atoms with E-state index in [1.165, 1.54) is 6.08 Å². The van der Waals surface area contributed by atoms with Crippen molar-refractivity contribution in [2.45, 2.75) is 38.6 Å². The molecule has 0 aliphatic carbocycles. The van der Waals surface area contributed by atoms with Crippen LogP contribution in [0.25, 0.3) is 0 Å². The largest absolute Gasteiger partial charge is 0.369 e. The molecule has 1 aliphatic heterocycles. The third kappa shape index (κ3) is 2.30. The van der Waals surface area contributed by atoms with Crippen LogP contribution in [0.15, 0.2) is 23.2 Å². The third-order valence-electron chi connectivity index (χ3n) is 3.11.